The molecule has 90 valence electrons. The molecule has 1 N–H and O–H groups in total. The van der Waals surface area contributed by atoms with Gasteiger partial charge in [-0.1, -0.05) is 6.92 Å². The fraction of sp³-hybridized carbons (Fsp3) is 0.636. The van der Waals surface area contributed by atoms with E-state index < -0.39 is 0 Å². The number of likely N-dealkylation sites (N-methyl/N-ethyl adjacent to an activating group) is 1. The summed E-state index contributed by atoms with van der Waals surface area (Å²) in [5.41, 5.74) is 0. The molecular formula is C11H19N3O2. The van der Waals surface area contributed by atoms with Gasteiger partial charge in [0.1, 0.15) is 6.61 Å². The first-order valence-corrected chi connectivity index (χ1v) is 5.55. The van der Waals surface area contributed by atoms with Crippen LogP contribution in [0.4, 0.5) is 0 Å². The van der Waals surface area contributed by atoms with Crippen molar-refractivity contribution in [2.45, 2.75) is 26.9 Å². The van der Waals surface area contributed by atoms with Crippen LogP contribution in [0.15, 0.2) is 12.3 Å². The molecule has 16 heavy (non-hydrogen) atoms. The fourth-order valence-corrected chi connectivity index (χ4v) is 1.09. The summed E-state index contributed by atoms with van der Waals surface area (Å²) in [6, 6.07) is 2.08. The van der Waals surface area contributed by atoms with Gasteiger partial charge < -0.3 is 14.8 Å². The Kier molecular flexibility index (Phi) is 5.56. The maximum Gasteiger partial charge on any atom is 0.319 e. The number of hydrogen-bond acceptors (Lipinski definition) is 5. The van der Waals surface area contributed by atoms with Gasteiger partial charge in [-0.25, -0.2) is 4.98 Å². The Labute approximate surface area is 96.2 Å². The van der Waals surface area contributed by atoms with Crippen LogP contribution in [0.3, 0.4) is 0 Å². The topological polar surface area (TPSA) is 56.3 Å². The van der Waals surface area contributed by atoms with E-state index in [-0.39, 0.29) is 6.10 Å². The standard InChI is InChI=1S/C11H19N3O2/c1-4-12-7-8-15-11-13-6-5-10(14-11)16-9(2)3/h5-6,9,12H,4,7-8H2,1-3H3. The number of rotatable bonds is 7. The lowest BCUT2D eigenvalue weighted by atomic mass is 10.5. The average molecular weight is 225 g/mol. The van der Waals surface area contributed by atoms with Crippen LogP contribution in [-0.2, 0) is 0 Å². The minimum atomic E-state index is 0.101. The highest BCUT2D eigenvalue weighted by Gasteiger charge is 2.02. The minimum absolute atomic E-state index is 0.101. The average Bonchev–Trinajstić information content (AvgIpc) is 2.24. The third kappa shape index (κ3) is 4.93. The van der Waals surface area contributed by atoms with Crippen molar-refractivity contribution < 1.29 is 9.47 Å². The monoisotopic (exact) mass is 225 g/mol. The highest BCUT2D eigenvalue weighted by atomic mass is 16.5. The van der Waals surface area contributed by atoms with E-state index in [1.807, 2.05) is 20.8 Å². The van der Waals surface area contributed by atoms with Crippen LogP contribution in [0.1, 0.15) is 20.8 Å². The predicted molar refractivity (Wildman–Crippen MR) is 61.8 cm³/mol. The summed E-state index contributed by atoms with van der Waals surface area (Å²) >= 11 is 0. The van der Waals surface area contributed by atoms with E-state index in [2.05, 4.69) is 15.3 Å². The third-order valence-electron chi connectivity index (χ3n) is 1.72. The van der Waals surface area contributed by atoms with Crippen molar-refractivity contribution >= 4 is 0 Å². The molecule has 0 saturated carbocycles. The maximum absolute atomic E-state index is 5.44. The van der Waals surface area contributed by atoms with E-state index in [0.717, 1.165) is 13.1 Å². The third-order valence-corrected chi connectivity index (χ3v) is 1.72. The van der Waals surface area contributed by atoms with E-state index in [0.29, 0.717) is 18.5 Å². The lowest BCUT2D eigenvalue weighted by Crippen LogP contribution is -2.20. The zero-order valence-corrected chi connectivity index (χ0v) is 10.1. The molecule has 0 aliphatic rings. The maximum atomic E-state index is 5.44. The summed E-state index contributed by atoms with van der Waals surface area (Å²) in [6.45, 7) is 8.23. The van der Waals surface area contributed by atoms with Crippen LogP contribution in [0.5, 0.6) is 11.9 Å². The van der Waals surface area contributed by atoms with Gasteiger partial charge in [0.2, 0.25) is 5.88 Å². The molecule has 0 spiro atoms. The lowest BCUT2D eigenvalue weighted by Gasteiger charge is -2.09. The SMILES string of the molecule is CCNCCOc1nccc(OC(C)C)n1. The Morgan fingerprint density at radius 1 is 1.44 bits per heavy atom. The van der Waals surface area contributed by atoms with Crippen LogP contribution in [-0.4, -0.2) is 35.8 Å². The summed E-state index contributed by atoms with van der Waals surface area (Å²) in [4.78, 5) is 8.13. The van der Waals surface area contributed by atoms with Crippen LogP contribution in [0.25, 0.3) is 0 Å². The van der Waals surface area contributed by atoms with Crippen LogP contribution in [0, 0.1) is 0 Å². The molecule has 0 aliphatic carbocycles. The van der Waals surface area contributed by atoms with Gasteiger partial charge >= 0.3 is 6.01 Å². The van der Waals surface area contributed by atoms with Crippen LogP contribution in [0.2, 0.25) is 0 Å². The first-order chi connectivity index (χ1) is 7.72. The molecule has 0 amide bonds. The lowest BCUT2D eigenvalue weighted by molar-refractivity contribution is 0.223. The van der Waals surface area contributed by atoms with Gasteiger partial charge in [0, 0.05) is 18.8 Å². The van der Waals surface area contributed by atoms with Gasteiger partial charge in [-0.15, -0.1) is 0 Å². The first kappa shape index (κ1) is 12.7. The summed E-state index contributed by atoms with van der Waals surface area (Å²) in [5, 5.41) is 3.15. The molecular weight excluding hydrogens is 206 g/mol. The highest BCUT2D eigenvalue weighted by Crippen LogP contribution is 2.11. The molecule has 1 aromatic heterocycles. The van der Waals surface area contributed by atoms with Crippen LogP contribution >= 0.6 is 0 Å². The molecule has 0 aliphatic heterocycles. The Morgan fingerprint density at radius 2 is 2.25 bits per heavy atom. The molecule has 1 rings (SSSR count). The van der Waals surface area contributed by atoms with E-state index in [4.69, 9.17) is 9.47 Å². The minimum Gasteiger partial charge on any atom is -0.475 e. The summed E-state index contributed by atoms with van der Waals surface area (Å²) < 4.78 is 10.8. The van der Waals surface area contributed by atoms with Crippen LogP contribution < -0.4 is 14.8 Å². The zero-order chi connectivity index (χ0) is 11.8. The molecule has 1 aromatic rings. The second-order valence-corrected chi connectivity index (χ2v) is 3.55. The van der Waals surface area contributed by atoms with Gasteiger partial charge in [0.15, 0.2) is 0 Å². The number of aromatic nitrogens is 2. The van der Waals surface area contributed by atoms with Crippen molar-refractivity contribution in [2.24, 2.45) is 0 Å². The molecule has 1 heterocycles. The number of ether oxygens (including phenoxy) is 2. The molecule has 0 unspecified atom stereocenters. The summed E-state index contributed by atoms with van der Waals surface area (Å²) in [6.07, 6.45) is 1.73. The quantitative estimate of drug-likeness (QED) is 0.708. The molecule has 0 aromatic carbocycles. The number of nitrogens with zero attached hydrogens (tertiary/aromatic N) is 2. The zero-order valence-electron chi connectivity index (χ0n) is 10.1. The van der Waals surface area contributed by atoms with Crippen molar-refractivity contribution in [2.75, 3.05) is 19.7 Å². The molecule has 0 radical (unpaired) electrons. The summed E-state index contributed by atoms with van der Waals surface area (Å²) in [5.74, 6) is 0.545. The van der Waals surface area contributed by atoms with Gasteiger partial charge in [-0.2, -0.15) is 4.98 Å². The number of nitrogens with one attached hydrogen (secondary N) is 1. The van der Waals surface area contributed by atoms with E-state index >= 15 is 0 Å². The molecule has 5 nitrogen and oxygen atoms in total. The van der Waals surface area contributed by atoms with Gasteiger partial charge in [-0.05, 0) is 20.4 Å². The predicted octanol–water partition coefficient (Wildman–Crippen LogP) is 1.25. The Hall–Kier alpha value is -1.36. The normalized spacial score (nSPS) is 10.5. The molecule has 5 heteroatoms. The molecule has 0 atom stereocenters. The van der Waals surface area contributed by atoms with Crippen molar-refractivity contribution in [1.29, 1.82) is 0 Å². The van der Waals surface area contributed by atoms with Gasteiger partial charge in [0.05, 0.1) is 6.10 Å². The Bertz CT molecular complexity index is 305. The van der Waals surface area contributed by atoms with Crippen molar-refractivity contribution in [3.05, 3.63) is 12.3 Å². The molecule has 0 bridgehead atoms. The largest absolute Gasteiger partial charge is 0.475 e. The summed E-state index contributed by atoms with van der Waals surface area (Å²) in [7, 11) is 0. The molecule has 0 saturated heterocycles. The van der Waals surface area contributed by atoms with Crippen molar-refractivity contribution in [1.82, 2.24) is 15.3 Å². The molecule has 0 fully saturated rings. The second kappa shape index (κ2) is 7.00. The fourth-order valence-electron chi connectivity index (χ4n) is 1.09. The van der Waals surface area contributed by atoms with Crippen molar-refractivity contribution in [3.8, 4) is 11.9 Å². The van der Waals surface area contributed by atoms with E-state index in [9.17, 15) is 0 Å². The second-order valence-electron chi connectivity index (χ2n) is 3.55. The van der Waals surface area contributed by atoms with Crippen molar-refractivity contribution in [3.63, 3.8) is 0 Å². The Balaban J connectivity index is 2.41. The van der Waals surface area contributed by atoms with Gasteiger partial charge in [-0.3, -0.25) is 0 Å². The first-order valence-electron chi connectivity index (χ1n) is 5.55. The number of hydrogen-bond donors (Lipinski definition) is 1. The smallest absolute Gasteiger partial charge is 0.319 e. The highest BCUT2D eigenvalue weighted by molar-refractivity contribution is 5.11. The van der Waals surface area contributed by atoms with E-state index in [1.165, 1.54) is 0 Å². The van der Waals surface area contributed by atoms with E-state index in [1.54, 1.807) is 12.3 Å². The Morgan fingerprint density at radius 3 is 2.94 bits per heavy atom. The van der Waals surface area contributed by atoms with Gasteiger partial charge in [0.25, 0.3) is 0 Å².